The summed E-state index contributed by atoms with van der Waals surface area (Å²) in [6.45, 7) is 0.276. The molecule has 1 aromatic carbocycles. The third-order valence-corrected chi connectivity index (χ3v) is 3.65. The second-order valence-corrected chi connectivity index (χ2v) is 5.99. The molecule has 0 saturated heterocycles. The summed E-state index contributed by atoms with van der Waals surface area (Å²) < 4.78 is 24.1. The SMILES string of the molecule is CS(=O)(=O)c1ccc(C(O)Cn2cncn2)cc1. The Hall–Kier alpha value is -1.73. The van der Waals surface area contributed by atoms with Crippen LogP contribution >= 0.6 is 0 Å². The van der Waals surface area contributed by atoms with Crippen LogP contribution in [0.25, 0.3) is 0 Å². The van der Waals surface area contributed by atoms with Crippen LogP contribution in [0.15, 0.2) is 41.8 Å². The van der Waals surface area contributed by atoms with E-state index in [-0.39, 0.29) is 11.4 Å². The normalized spacial score (nSPS) is 13.4. The van der Waals surface area contributed by atoms with Gasteiger partial charge in [0.2, 0.25) is 0 Å². The average Bonchev–Trinajstić information content (AvgIpc) is 2.81. The molecule has 6 nitrogen and oxygen atoms in total. The molecule has 0 radical (unpaired) electrons. The van der Waals surface area contributed by atoms with Gasteiger partial charge in [-0.1, -0.05) is 12.1 Å². The van der Waals surface area contributed by atoms with E-state index in [0.717, 1.165) is 6.26 Å². The minimum atomic E-state index is -3.20. The zero-order chi connectivity index (χ0) is 13.2. The van der Waals surface area contributed by atoms with E-state index in [9.17, 15) is 13.5 Å². The molecule has 0 aliphatic carbocycles. The maximum absolute atomic E-state index is 11.3. The number of rotatable bonds is 4. The van der Waals surface area contributed by atoms with E-state index in [1.165, 1.54) is 29.5 Å². The highest BCUT2D eigenvalue weighted by molar-refractivity contribution is 7.90. The van der Waals surface area contributed by atoms with E-state index in [2.05, 4.69) is 10.1 Å². The summed E-state index contributed by atoms with van der Waals surface area (Å²) in [6, 6.07) is 6.15. The monoisotopic (exact) mass is 267 g/mol. The zero-order valence-electron chi connectivity index (χ0n) is 9.76. The lowest BCUT2D eigenvalue weighted by molar-refractivity contribution is 0.151. The molecule has 1 unspecified atom stereocenters. The Morgan fingerprint density at radius 2 is 2.00 bits per heavy atom. The van der Waals surface area contributed by atoms with Crippen LogP contribution in [0.4, 0.5) is 0 Å². The van der Waals surface area contributed by atoms with Gasteiger partial charge >= 0.3 is 0 Å². The number of sulfone groups is 1. The van der Waals surface area contributed by atoms with Crippen molar-refractivity contribution in [1.82, 2.24) is 14.8 Å². The molecule has 96 valence electrons. The minimum Gasteiger partial charge on any atom is -0.386 e. The highest BCUT2D eigenvalue weighted by Crippen LogP contribution is 2.17. The Morgan fingerprint density at radius 1 is 1.33 bits per heavy atom. The summed E-state index contributed by atoms with van der Waals surface area (Å²) in [5, 5.41) is 13.8. The average molecular weight is 267 g/mol. The summed E-state index contributed by atoms with van der Waals surface area (Å²) in [4.78, 5) is 4.01. The van der Waals surface area contributed by atoms with Crippen LogP contribution in [0.3, 0.4) is 0 Å². The van der Waals surface area contributed by atoms with Crippen molar-refractivity contribution in [2.24, 2.45) is 0 Å². The third-order valence-electron chi connectivity index (χ3n) is 2.52. The molecular formula is C11H13N3O3S. The van der Waals surface area contributed by atoms with E-state index in [1.54, 1.807) is 12.1 Å². The molecule has 1 aromatic heterocycles. The van der Waals surface area contributed by atoms with Gasteiger partial charge in [0.1, 0.15) is 12.7 Å². The van der Waals surface area contributed by atoms with Gasteiger partial charge < -0.3 is 5.11 Å². The first-order valence-corrected chi connectivity index (χ1v) is 7.16. The van der Waals surface area contributed by atoms with Crippen LogP contribution in [0.2, 0.25) is 0 Å². The first kappa shape index (κ1) is 12.7. The van der Waals surface area contributed by atoms with Crippen molar-refractivity contribution in [3.63, 3.8) is 0 Å². The number of aromatic nitrogens is 3. The molecule has 1 heterocycles. The zero-order valence-corrected chi connectivity index (χ0v) is 10.6. The van der Waals surface area contributed by atoms with E-state index < -0.39 is 15.9 Å². The number of hydrogen-bond donors (Lipinski definition) is 1. The van der Waals surface area contributed by atoms with Gasteiger partial charge in [-0.2, -0.15) is 5.10 Å². The molecule has 0 amide bonds. The fourth-order valence-electron chi connectivity index (χ4n) is 1.55. The van der Waals surface area contributed by atoms with Crippen molar-refractivity contribution in [2.75, 3.05) is 6.26 Å². The Morgan fingerprint density at radius 3 is 2.50 bits per heavy atom. The molecule has 2 aromatic rings. The van der Waals surface area contributed by atoms with E-state index in [0.29, 0.717) is 5.56 Å². The van der Waals surface area contributed by atoms with Crippen LogP contribution < -0.4 is 0 Å². The number of aliphatic hydroxyl groups is 1. The van der Waals surface area contributed by atoms with Crippen LogP contribution in [-0.2, 0) is 16.4 Å². The molecule has 2 rings (SSSR count). The fourth-order valence-corrected chi connectivity index (χ4v) is 2.18. The van der Waals surface area contributed by atoms with Crippen molar-refractivity contribution in [2.45, 2.75) is 17.5 Å². The van der Waals surface area contributed by atoms with Gasteiger partial charge in [0.05, 0.1) is 17.5 Å². The van der Waals surface area contributed by atoms with Gasteiger partial charge in [0.25, 0.3) is 0 Å². The largest absolute Gasteiger partial charge is 0.386 e. The lowest BCUT2D eigenvalue weighted by Gasteiger charge is -2.11. The molecule has 0 bridgehead atoms. The second kappa shape index (κ2) is 4.87. The molecular weight excluding hydrogens is 254 g/mol. The highest BCUT2D eigenvalue weighted by atomic mass is 32.2. The van der Waals surface area contributed by atoms with Crippen molar-refractivity contribution < 1.29 is 13.5 Å². The standard InChI is InChI=1S/C11H13N3O3S/c1-18(16,17)10-4-2-9(3-5-10)11(15)6-14-8-12-7-13-14/h2-5,7-8,11,15H,6H2,1H3. The lowest BCUT2D eigenvalue weighted by Crippen LogP contribution is -2.09. The summed E-state index contributed by atoms with van der Waals surface area (Å²) in [5.41, 5.74) is 0.637. The topological polar surface area (TPSA) is 85.1 Å². The molecule has 0 aliphatic rings. The minimum absolute atomic E-state index is 0.235. The second-order valence-electron chi connectivity index (χ2n) is 3.97. The summed E-state index contributed by atoms with van der Waals surface area (Å²) in [5.74, 6) is 0. The van der Waals surface area contributed by atoms with Gasteiger partial charge in [-0.25, -0.2) is 13.4 Å². The fraction of sp³-hybridized carbons (Fsp3) is 0.273. The Labute approximate surface area is 105 Å². The molecule has 18 heavy (non-hydrogen) atoms. The predicted octanol–water partition coefficient (Wildman–Crippen LogP) is 0.415. The Kier molecular flexibility index (Phi) is 3.44. The molecule has 1 N–H and O–H groups in total. The first-order valence-electron chi connectivity index (χ1n) is 5.27. The van der Waals surface area contributed by atoms with Gasteiger partial charge in [0, 0.05) is 6.26 Å². The maximum Gasteiger partial charge on any atom is 0.175 e. The van der Waals surface area contributed by atoms with Gasteiger partial charge in [-0.3, -0.25) is 4.68 Å². The lowest BCUT2D eigenvalue weighted by atomic mass is 10.1. The number of benzene rings is 1. The Bertz CT molecular complexity index is 605. The first-order chi connectivity index (χ1) is 8.47. The molecule has 0 saturated carbocycles. The molecule has 1 atom stereocenters. The summed E-state index contributed by atoms with van der Waals surface area (Å²) >= 11 is 0. The van der Waals surface area contributed by atoms with E-state index in [4.69, 9.17) is 0 Å². The molecule has 0 fully saturated rings. The Balaban J connectivity index is 2.14. The number of nitrogens with zero attached hydrogens (tertiary/aromatic N) is 3. The highest BCUT2D eigenvalue weighted by Gasteiger charge is 2.11. The van der Waals surface area contributed by atoms with Crippen molar-refractivity contribution in [3.05, 3.63) is 42.5 Å². The maximum atomic E-state index is 11.3. The van der Waals surface area contributed by atoms with Crippen LogP contribution in [-0.4, -0.2) is 34.5 Å². The van der Waals surface area contributed by atoms with Crippen molar-refractivity contribution >= 4 is 9.84 Å². The molecule has 0 aliphatic heterocycles. The molecule has 7 heteroatoms. The van der Waals surface area contributed by atoms with Crippen molar-refractivity contribution in [1.29, 1.82) is 0 Å². The summed E-state index contributed by atoms with van der Waals surface area (Å²) in [7, 11) is -3.20. The number of hydrogen-bond acceptors (Lipinski definition) is 5. The smallest absolute Gasteiger partial charge is 0.175 e. The van der Waals surface area contributed by atoms with Crippen molar-refractivity contribution in [3.8, 4) is 0 Å². The van der Waals surface area contributed by atoms with Gasteiger partial charge in [-0.05, 0) is 17.7 Å². The summed E-state index contributed by atoms with van der Waals surface area (Å²) in [6.07, 6.45) is 3.29. The molecule has 0 spiro atoms. The van der Waals surface area contributed by atoms with Gasteiger partial charge in [-0.15, -0.1) is 0 Å². The number of aliphatic hydroxyl groups excluding tert-OH is 1. The van der Waals surface area contributed by atoms with Crippen LogP contribution in [0, 0.1) is 0 Å². The van der Waals surface area contributed by atoms with Crippen LogP contribution in [0.5, 0.6) is 0 Å². The van der Waals surface area contributed by atoms with E-state index in [1.807, 2.05) is 0 Å². The third kappa shape index (κ3) is 2.93. The quantitative estimate of drug-likeness (QED) is 0.867. The van der Waals surface area contributed by atoms with Gasteiger partial charge in [0.15, 0.2) is 9.84 Å². The van der Waals surface area contributed by atoms with Crippen LogP contribution in [0.1, 0.15) is 11.7 Å². The predicted molar refractivity (Wildman–Crippen MR) is 64.5 cm³/mol. The van der Waals surface area contributed by atoms with E-state index >= 15 is 0 Å².